The predicted octanol–water partition coefficient (Wildman–Crippen LogP) is 3.89. The molecule has 9 heteroatoms. The van der Waals surface area contributed by atoms with E-state index in [1.807, 2.05) is 0 Å². The Labute approximate surface area is 147 Å². The van der Waals surface area contributed by atoms with Crippen LogP contribution in [0.2, 0.25) is 5.02 Å². The highest BCUT2D eigenvalue weighted by molar-refractivity contribution is 6.30. The smallest absolute Gasteiger partial charge is 0.312 e. The molecular weight excluding hydrogens is 350 g/mol. The molecule has 1 aromatic heterocycles. The minimum absolute atomic E-state index is 0.0743. The van der Waals surface area contributed by atoms with Crippen LogP contribution in [0.5, 0.6) is 11.5 Å². The van der Waals surface area contributed by atoms with Crippen LogP contribution in [0, 0.1) is 10.1 Å². The summed E-state index contributed by atoms with van der Waals surface area (Å²) in [7, 11) is 1.58. The lowest BCUT2D eigenvalue weighted by atomic mass is 10.2. The van der Waals surface area contributed by atoms with Crippen molar-refractivity contribution >= 4 is 17.3 Å². The van der Waals surface area contributed by atoms with E-state index in [4.69, 9.17) is 25.6 Å². The number of halogens is 1. The van der Waals surface area contributed by atoms with Crippen LogP contribution >= 0.6 is 11.6 Å². The number of nitro groups is 1. The van der Waals surface area contributed by atoms with Gasteiger partial charge in [0.05, 0.1) is 12.0 Å². The number of ether oxygens (including phenoxy) is 2. The van der Waals surface area contributed by atoms with Gasteiger partial charge in [-0.3, -0.25) is 10.1 Å². The summed E-state index contributed by atoms with van der Waals surface area (Å²) in [6.45, 7) is -0.0812. The number of nitro benzene ring substituents is 1. The fourth-order valence-electron chi connectivity index (χ4n) is 2.06. The first-order chi connectivity index (χ1) is 12.1. The Balaban J connectivity index is 1.73. The zero-order valence-corrected chi connectivity index (χ0v) is 13.8. The van der Waals surface area contributed by atoms with Crippen molar-refractivity contribution in [2.75, 3.05) is 7.11 Å². The Bertz CT molecular complexity index is 895. The number of hydrogen-bond donors (Lipinski definition) is 0. The van der Waals surface area contributed by atoms with E-state index in [-0.39, 0.29) is 28.9 Å². The maximum atomic E-state index is 11.0. The third-order valence-electron chi connectivity index (χ3n) is 3.28. The average molecular weight is 362 g/mol. The van der Waals surface area contributed by atoms with Crippen molar-refractivity contribution in [2.45, 2.75) is 6.61 Å². The molecule has 3 aromatic rings. The maximum absolute atomic E-state index is 11.0. The van der Waals surface area contributed by atoms with E-state index < -0.39 is 4.92 Å². The van der Waals surface area contributed by atoms with E-state index in [0.29, 0.717) is 11.6 Å². The van der Waals surface area contributed by atoms with Gasteiger partial charge in [-0.05, 0) is 36.4 Å². The average Bonchev–Trinajstić information content (AvgIpc) is 3.09. The van der Waals surface area contributed by atoms with Crippen molar-refractivity contribution in [3.05, 3.63) is 63.4 Å². The fourth-order valence-corrected chi connectivity index (χ4v) is 2.23. The molecule has 1 heterocycles. The van der Waals surface area contributed by atoms with E-state index in [0.717, 1.165) is 5.56 Å². The largest absolute Gasteiger partial charge is 0.497 e. The summed E-state index contributed by atoms with van der Waals surface area (Å²) in [6.07, 6.45) is 0. The molecule has 0 fully saturated rings. The van der Waals surface area contributed by atoms with Crippen LogP contribution in [0.15, 0.2) is 47.0 Å². The zero-order valence-electron chi connectivity index (χ0n) is 13.0. The molecule has 0 spiro atoms. The standard InChI is InChI=1S/C16H12ClN3O5/c1-23-12-5-2-10(3-6-12)16-18-15(19-25-16)9-24-14-7-4-11(17)8-13(14)20(21)22/h2-8H,9H2,1H3. The zero-order chi connectivity index (χ0) is 17.8. The molecule has 0 N–H and O–H groups in total. The number of nitrogens with zero attached hydrogens (tertiary/aromatic N) is 3. The van der Waals surface area contributed by atoms with Crippen LogP contribution in [0.4, 0.5) is 5.69 Å². The summed E-state index contributed by atoms with van der Waals surface area (Å²) in [5.41, 5.74) is 0.489. The van der Waals surface area contributed by atoms with E-state index in [9.17, 15) is 10.1 Å². The molecule has 8 nitrogen and oxygen atoms in total. The molecule has 2 aromatic carbocycles. The number of methoxy groups -OCH3 is 1. The second-order valence-corrected chi connectivity index (χ2v) is 5.34. The molecule has 0 saturated carbocycles. The normalized spacial score (nSPS) is 10.5. The van der Waals surface area contributed by atoms with Gasteiger partial charge in [-0.1, -0.05) is 16.8 Å². The van der Waals surface area contributed by atoms with E-state index in [2.05, 4.69) is 10.1 Å². The van der Waals surface area contributed by atoms with Crippen LogP contribution < -0.4 is 9.47 Å². The van der Waals surface area contributed by atoms with E-state index in [1.165, 1.54) is 18.2 Å². The third kappa shape index (κ3) is 3.86. The quantitative estimate of drug-likeness (QED) is 0.485. The van der Waals surface area contributed by atoms with E-state index in [1.54, 1.807) is 31.4 Å². The second-order valence-electron chi connectivity index (χ2n) is 4.90. The van der Waals surface area contributed by atoms with Crippen molar-refractivity contribution in [1.29, 1.82) is 0 Å². The van der Waals surface area contributed by atoms with Crippen molar-refractivity contribution in [1.82, 2.24) is 10.1 Å². The minimum atomic E-state index is -0.569. The first-order valence-electron chi connectivity index (χ1n) is 7.10. The van der Waals surface area contributed by atoms with Crippen LogP contribution in [-0.4, -0.2) is 22.2 Å². The Kier molecular flexibility index (Phi) is 4.80. The highest BCUT2D eigenvalue weighted by Gasteiger charge is 2.17. The Morgan fingerprint density at radius 3 is 2.68 bits per heavy atom. The van der Waals surface area contributed by atoms with Crippen LogP contribution in [-0.2, 0) is 6.61 Å². The van der Waals surface area contributed by atoms with Gasteiger partial charge in [-0.2, -0.15) is 4.98 Å². The van der Waals surface area contributed by atoms with Gasteiger partial charge in [0.1, 0.15) is 5.75 Å². The Hall–Kier alpha value is -3.13. The SMILES string of the molecule is COc1ccc(-c2nc(COc3ccc(Cl)cc3[N+](=O)[O-])no2)cc1. The van der Waals surface area contributed by atoms with Crippen LogP contribution in [0.25, 0.3) is 11.5 Å². The number of rotatable bonds is 6. The van der Waals surface area contributed by atoms with Gasteiger partial charge < -0.3 is 14.0 Å². The topological polar surface area (TPSA) is 101 Å². The summed E-state index contributed by atoms with van der Waals surface area (Å²) >= 11 is 5.76. The molecule has 0 unspecified atom stereocenters. The maximum Gasteiger partial charge on any atom is 0.312 e. The molecule has 128 valence electrons. The van der Waals surface area contributed by atoms with Crippen molar-refractivity contribution < 1.29 is 18.9 Å². The fraction of sp³-hybridized carbons (Fsp3) is 0.125. The number of hydrogen-bond acceptors (Lipinski definition) is 7. The third-order valence-corrected chi connectivity index (χ3v) is 3.51. The first kappa shape index (κ1) is 16.7. The lowest BCUT2D eigenvalue weighted by Gasteiger charge is -2.04. The molecule has 0 radical (unpaired) electrons. The molecule has 0 amide bonds. The van der Waals surface area contributed by atoms with Gasteiger partial charge in [-0.25, -0.2) is 0 Å². The Morgan fingerprint density at radius 2 is 2.00 bits per heavy atom. The van der Waals surface area contributed by atoms with Gasteiger partial charge in [0, 0.05) is 16.7 Å². The monoisotopic (exact) mass is 361 g/mol. The lowest BCUT2D eigenvalue weighted by molar-refractivity contribution is -0.385. The number of benzene rings is 2. The van der Waals surface area contributed by atoms with E-state index >= 15 is 0 Å². The molecular formula is C16H12ClN3O5. The van der Waals surface area contributed by atoms with Crippen LogP contribution in [0.3, 0.4) is 0 Å². The predicted molar refractivity (Wildman–Crippen MR) is 88.7 cm³/mol. The van der Waals surface area contributed by atoms with Gasteiger partial charge >= 0.3 is 5.69 Å². The summed E-state index contributed by atoms with van der Waals surface area (Å²) in [5.74, 6) is 1.36. The van der Waals surface area contributed by atoms with Gasteiger partial charge in [-0.15, -0.1) is 0 Å². The molecule has 0 aliphatic heterocycles. The summed E-state index contributed by atoms with van der Waals surface area (Å²) in [6, 6.07) is 11.2. The lowest BCUT2D eigenvalue weighted by Crippen LogP contribution is -2.00. The molecule has 0 aliphatic rings. The minimum Gasteiger partial charge on any atom is -0.497 e. The van der Waals surface area contributed by atoms with Gasteiger partial charge in [0.2, 0.25) is 5.82 Å². The summed E-state index contributed by atoms with van der Waals surface area (Å²) < 4.78 is 15.7. The van der Waals surface area contributed by atoms with Gasteiger partial charge in [0.15, 0.2) is 12.4 Å². The van der Waals surface area contributed by atoms with Crippen molar-refractivity contribution in [3.8, 4) is 23.0 Å². The molecule has 25 heavy (non-hydrogen) atoms. The summed E-state index contributed by atoms with van der Waals surface area (Å²) in [4.78, 5) is 14.7. The molecule has 3 rings (SSSR count). The number of aromatic nitrogens is 2. The Morgan fingerprint density at radius 1 is 1.24 bits per heavy atom. The van der Waals surface area contributed by atoms with Crippen molar-refractivity contribution in [2.24, 2.45) is 0 Å². The van der Waals surface area contributed by atoms with Gasteiger partial charge in [0.25, 0.3) is 5.89 Å². The highest BCUT2D eigenvalue weighted by atomic mass is 35.5. The highest BCUT2D eigenvalue weighted by Crippen LogP contribution is 2.30. The first-order valence-corrected chi connectivity index (χ1v) is 7.48. The second kappa shape index (κ2) is 7.18. The molecule has 0 bridgehead atoms. The molecule has 0 aliphatic carbocycles. The molecule has 0 saturated heterocycles. The van der Waals surface area contributed by atoms with Crippen LogP contribution in [0.1, 0.15) is 5.82 Å². The molecule has 0 atom stereocenters. The van der Waals surface area contributed by atoms with Crippen molar-refractivity contribution in [3.63, 3.8) is 0 Å². The summed E-state index contributed by atoms with van der Waals surface area (Å²) in [5, 5.41) is 15.1.